The molecule has 0 atom stereocenters. The second kappa shape index (κ2) is 10.8. The van der Waals surface area contributed by atoms with Gasteiger partial charge in [0.1, 0.15) is 23.6 Å². The van der Waals surface area contributed by atoms with Gasteiger partial charge in [0.05, 0.1) is 5.69 Å². The lowest BCUT2D eigenvalue weighted by molar-refractivity contribution is -0.154. The molecule has 3 rings (SSSR count). The summed E-state index contributed by atoms with van der Waals surface area (Å²) < 4.78 is 38.4. The monoisotopic (exact) mass is 479 g/mol. The van der Waals surface area contributed by atoms with E-state index in [-0.39, 0.29) is 17.3 Å². The summed E-state index contributed by atoms with van der Waals surface area (Å²) in [5.41, 5.74) is 4.47. The van der Waals surface area contributed by atoms with Crippen molar-refractivity contribution >= 4 is 17.7 Å². The third-order valence-corrected chi connectivity index (χ3v) is 5.24. The number of aromatic nitrogens is 2. The Morgan fingerprint density at radius 3 is 2.53 bits per heavy atom. The van der Waals surface area contributed by atoms with Gasteiger partial charge in [-0.15, -0.1) is 5.06 Å². The van der Waals surface area contributed by atoms with Gasteiger partial charge in [-0.3, -0.25) is 0 Å². The zero-order valence-corrected chi connectivity index (χ0v) is 19.9. The number of nitrogens with two attached hydrogens (primary N) is 1. The molecule has 2 heterocycles. The fourth-order valence-electron chi connectivity index (χ4n) is 3.55. The van der Waals surface area contributed by atoms with E-state index in [0.29, 0.717) is 31.4 Å². The topological polar surface area (TPSA) is 103 Å². The Balaban J connectivity index is 1.57. The van der Waals surface area contributed by atoms with E-state index in [2.05, 4.69) is 14.9 Å². The SMILES string of the molecule is CCN(CC1CCN(OC(=O)OC(C)(C)C)CC1)c1cc(Oc2cc(F)c(N)cc2F)ncn1. The first-order chi connectivity index (χ1) is 16.0. The average Bonchev–Trinajstić information content (AvgIpc) is 2.76. The number of rotatable bonds is 7. The third kappa shape index (κ3) is 7.14. The lowest BCUT2D eigenvalue weighted by Gasteiger charge is -2.34. The lowest BCUT2D eigenvalue weighted by Crippen LogP contribution is -2.40. The van der Waals surface area contributed by atoms with Crippen LogP contribution in [-0.4, -0.2) is 53.0 Å². The number of benzene rings is 1. The zero-order valence-electron chi connectivity index (χ0n) is 19.9. The molecule has 0 saturated carbocycles. The van der Waals surface area contributed by atoms with E-state index in [1.165, 1.54) is 6.33 Å². The number of nitrogen functional groups attached to an aromatic ring is 1. The zero-order chi connectivity index (χ0) is 24.9. The summed E-state index contributed by atoms with van der Waals surface area (Å²) in [6.07, 6.45) is 2.26. The van der Waals surface area contributed by atoms with Crippen LogP contribution in [0.2, 0.25) is 0 Å². The van der Waals surface area contributed by atoms with Gasteiger partial charge < -0.3 is 24.9 Å². The normalized spacial score (nSPS) is 15.1. The van der Waals surface area contributed by atoms with Crippen LogP contribution in [-0.2, 0) is 9.57 Å². The van der Waals surface area contributed by atoms with Crippen LogP contribution < -0.4 is 15.4 Å². The number of hydroxylamine groups is 2. The molecule has 1 saturated heterocycles. The minimum absolute atomic E-state index is 0.0899. The molecule has 2 N–H and O–H groups in total. The standard InChI is InChI=1S/C23H31F2N5O4/c1-5-29(13-15-6-8-30(9-7-15)34-22(31)33-23(2,3)4)20-12-21(28-14-27-20)32-19-11-16(24)18(26)10-17(19)25/h10-12,14-15H,5-9,13,26H2,1-4H3. The molecule has 0 aliphatic carbocycles. The van der Waals surface area contributed by atoms with Crippen LogP contribution in [0.25, 0.3) is 0 Å². The number of anilines is 2. The molecule has 1 aromatic heterocycles. The molecule has 0 bridgehead atoms. The van der Waals surface area contributed by atoms with Crippen molar-refractivity contribution in [2.75, 3.05) is 36.8 Å². The van der Waals surface area contributed by atoms with Crippen LogP contribution in [0.4, 0.5) is 25.1 Å². The number of hydrogen-bond donors (Lipinski definition) is 1. The summed E-state index contributed by atoms with van der Waals surface area (Å²) in [5, 5.41) is 1.62. The largest absolute Gasteiger partial charge is 0.528 e. The van der Waals surface area contributed by atoms with Gasteiger partial charge in [0.25, 0.3) is 0 Å². The maximum atomic E-state index is 14.1. The van der Waals surface area contributed by atoms with Crippen molar-refractivity contribution in [3.8, 4) is 11.6 Å². The van der Waals surface area contributed by atoms with Crippen LogP contribution in [0.3, 0.4) is 0 Å². The molecule has 1 aliphatic rings. The summed E-state index contributed by atoms with van der Waals surface area (Å²) in [7, 11) is 0. The van der Waals surface area contributed by atoms with Crippen molar-refractivity contribution in [3.05, 3.63) is 36.2 Å². The highest BCUT2D eigenvalue weighted by molar-refractivity contribution is 5.60. The predicted octanol–water partition coefficient (Wildman–Crippen LogP) is 4.53. The van der Waals surface area contributed by atoms with Crippen LogP contribution in [0.15, 0.2) is 24.5 Å². The molecule has 1 aliphatic heterocycles. The Hall–Kier alpha value is -3.21. The fourth-order valence-corrected chi connectivity index (χ4v) is 3.55. The highest BCUT2D eigenvalue weighted by atomic mass is 19.1. The number of carbonyl (C=O) groups is 1. The molecule has 34 heavy (non-hydrogen) atoms. The van der Waals surface area contributed by atoms with E-state index in [0.717, 1.165) is 31.5 Å². The maximum absolute atomic E-state index is 14.1. The highest BCUT2D eigenvalue weighted by Gasteiger charge is 2.26. The van der Waals surface area contributed by atoms with Gasteiger partial charge in [-0.25, -0.2) is 23.5 Å². The van der Waals surface area contributed by atoms with Crippen LogP contribution in [0.1, 0.15) is 40.5 Å². The molecule has 0 amide bonds. The Labute approximate surface area is 197 Å². The molecule has 0 unspecified atom stereocenters. The smallest absolute Gasteiger partial charge is 0.436 e. The van der Waals surface area contributed by atoms with Crippen molar-refractivity contribution in [2.45, 2.75) is 46.1 Å². The molecule has 2 aromatic rings. The molecule has 11 heteroatoms. The van der Waals surface area contributed by atoms with Gasteiger partial charge in [-0.2, -0.15) is 0 Å². The highest BCUT2D eigenvalue weighted by Crippen LogP contribution is 2.29. The van der Waals surface area contributed by atoms with Crippen LogP contribution >= 0.6 is 0 Å². The van der Waals surface area contributed by atoms with Crippen LogP contribution in [0.5, 0.6) is 11.6 Å². The Kier molecular flexibility index (Phi) is 8.08. The van der Waals surface area contributed by atoms with Gasteiger partial charge in [-0.05, 0) is 46.5 Å². The molecule has 0 spiro atoms. The third-order valence-electron chi connectivity index (χ3n) is 5.24. The van der Waals surface area contributed by atoms with E-state index >= 15 is 0 Å². The van der Waals surface area contributed by atoms with E-state index in [4.69, 9.17) is 20.0 Å². The Morgan fingerprint density at radius 1 is 1.18 bits per heavy atom. The number of carbonyl (C=O) groups excluding carboxylic acids is 1. The molecule has 186 valence electrons. The predicted molar refractivity (Wildman–Crippen MR) is 122 cm³/mol. The summed E-state index contributed by atoms with van der Waals surface area (Å²) >= 11 is 0. The van der Waals surface area contributed by atoms with E-state index < -0.39 is 23.4 Å². The fraction of sp³-hybridized carbons (Fsp3) is 0.522. The lowest BCUT2D eigenvalue weighted by atomic mass is 9.97. The Morgan fingerprint density at radius 2 is 1.88 bits per heavy atom. The summed E-state index contributed by atoms with van der Waals surface area (Å²) in [6.45, 7) is 9.95. The summed E-state index contributed by atoms with van der Waals surface area (Å²) in [4.78, 5) is 27.5. The van der Waals surface area contributed by atoms with Crippen molar-refractivity contribution in [3.63, 3.8) is 0 Å². The van der Waals surface area contributed by atoms with E-state index in [1.54, 1.807) is 31.9 Å². The van der Waals surface area contributed by atoms with Gasteiger partial charge in [-0.1, -0.05) is 0 Å². The minimum atomic E-state index is -0.785. The maximum Gasteiger partial charge on any atom is 0.528 e. The molecule has 1 fully saturated rings. The molecular weight excluding hydrogens is 448 g/mol. The van der Waals surface area contributed by atoms with Gasteiger partial charge in [0.15, 0.2) is 11.6 Å². The number of hydrogen-bond acceptors (Lipinski definition) is 9. The first-order valence-corrected chi connectivity index (χ1v) is 11.2. The van der Waals surface area contributed by atoms with Crippen LogP contribution in [0, 0.1) is 17.6 Å². The average molecular weight is 480 g/mol. The number of halogens is 2. The van der Waals surface area contributed by atoms with Gasteiger partial charge in [0.2, 0.25) is 5.88 Å². The second-order valence-corrected chi connectivity index (χ2v) is 9.09. The van der Waals surface area contributed by atoms with E-state index in [9.17, 15) is 13.6 Å². The Bertz CT molecular complexity index is 994. The number of nitrogens with zero attached hydrogens (tertiary/aromatic N) is 4. The summed E-state index contributed by atoms with van der Waals surface area (Å²) in [5.74, 6) is -0.823. The molecular formula is C23H31F2N5O4. The molecule has 1 aromatic carbocycles. The summed E-state index contributed by atoms with van der Waals surface area (Å²) in [6, 6.07) is 3.33. The number of piperidine rings is 1. The first-order valence-electron chi connectivity index (χ1n) is 11.2. The van der Waals surface area contributed by atoms with Crippen molar-refractivity contribution in [1.82, 2.24) is 15.0 Å². The van der Waals surface area contributed by atoms with Gasteiger partial charge in [0, 0.05) is 44.4 Å². The quantitative estimate of drug-likeness (QED) is 0.453. The molecule has 0 radical (unpaired) electrons. The van der Waals surface area contributed by atoms with Crippen molar-refractivity contribution in [1.29, 1.82) is 0 Å². The van der Waals surface area contributed by atoms with E-state index in [1.807, 2.05) is 6.92 Å². The minimum Gasteiger partial charge on any atom is -0.436 e. The van der Waals surface area contributed by atoms with Gasteiger partial charge >= 0.3 is 6.16 Å². The van der Waals surface area contributed by atoms with Crippen molar-refractivity contribution < 1.29 is 27.9 Å². The first kappa shape index (κ1) is 25.4. The second-order valence-electron chi connectivity index (χ2n) is 9.09. The van der Waals surface area contributed by atoms with Crippen molar-refractivity contribution in [2.24, 2.45) is 5.92 Å². The number of ether oxygens (including phenoxy) is 2. The molecule has 9 nitrogen and oxygen atoms in total.